The molecule has 0 aromatic rings. The van der Waals surface area contributed by atoms with E-state index in [2.05, 4.69) is 51.9 Å². The van der Waals surface area contributed by atoms with Crippen LogP contribution in [0.1, 0.15) is 66.2 Å². The van der Waals surface area contributed by atoms with Gasteiger partial charge >= 0.3 is 0 Å². The molecule has 2 nitrogen and oxygen atoms in total. The van der Waals surface area contributed by atoms with Crippen molar-refractivity contribution in [3.8, 4) is 0 Å². The summed E-state index contributed by atoms with van der Waals surface area (Å²) in [4.78, 5) is 0.490. The van der Waals surface area contributed by atoms with Crippen LogP contribution in [0, 0.1) is 11.3 Å². The third-order valence-corrected chi connectivity index (χ3v) is 8.89. The quantitative estimate of drug-likeness (QED) is 0.353. The molecule has 0 saturated heterocycles. The summed E-state index contributed by atoms with van der Waals surface area (Å²) in [5.74, 6) is 0.364. The van der Waals surface area contributed by atoms with E-state index in [-0.39, 0.29) is 10.2 Å². The van der Waals surface area contributed by atoms with Gasteiger partial charge in [0.15, 0.2) is 0 Å². The predicted octanol–water partition coefficient (Wildman–Crippen LogP) is 5.75. The third kappa shape index (κ3) is 5.69. The Bertz CT molecular complexity index is 453. The van der Waals surface area contributed by atoms with Crippen LogP contribution >= 0.6 is 31.9 Å². The molecule has 1 rings (SSSR count). The molecule has 0 aliphatic heterocycles. The lowest BCUT2D eigenvalue weighted by Gasteiger charge is -2.48. The smallest absolute Gasteiger partial charge is 0.0797 e. The first-order valence-corrected chi connectivity index (χ1v) is 10.7. The minimum Gasteiger partial charge on any atom is -0.389 e. The van der Waals surface area contributed by atoms with E-state index < -0.39 is 11.2 Å². The van der Waals surface area contributed by atoms with E-state index >= 15 is 0 Å². The summed E-state index contributed by atoms with van der Waals surface area (Å²) in [5.41, 5.74) is -0.191. The predicted molar refractivity (Wildman–Crippen MR) is 111 cm³/mol. The van der Waals surface area contributed by atoms with Crippen LogP contribution in [0.25, 0.3) is 0 Å². The van der Waals surface area contributed by atoms with Crippen LogP contribution < -0.4 is 0 Å². The standard InChI is InChI=1S/C20H34Br2O2/c1-7-19(5,24)12-10-15-14(2)8-9-17(22)20(15,6)13-11-16(21)18(3,4)23/h7,15-17,23-24H,1-2,8-13H2,3-6H3/t15-,16-,17+,19?,20+/m1/s1. The van der Waals surface area contributed by atoms with Crippen LogP contribution in [-0.2, 0) is 0 Å². The Labute approximate surface area is 165 Å². The average Bonchev–Trinajstić information content (AvgIpc) is 2.47. The van der Waals surface area contributed by atoms with Gasteiger partial charge in [0.25, 0.3) is 0 Å². The highest BCUT2D eigenvalue weighted by Crippen LogP contribution is 2.52. The SMILES string of the molecule is C=CC(C)(O)CC[C@@H]1C(=C)CC[C@H](Br)[C@@]1(C)CC[C@@H](Br)C(C)(C)O. The molecule has 0 radical (unpaired) electrons. The second kappa shape index (κ2) is 8.37. The highest BCUT2D eigenvalue weighted by molar-refractivity contribution is 9.09. The number of hydrogen-bond acceptors (Lipinski definition) is 2. The summed E-state index contributed by atoms with van der Waals surface area (Å²) in [5, 5.41) is 20.5. The second-order valence-corrected chi connectivity index (χ2v) is 10.7. The van der Waals surface area contributed by atoms with Crippen molar-refractivity contribution in [3.05, 3.63) is 24.8 Å². The van der Waals surface area contributed by atoms with Crippen LogP contribution in [0.5, 0.6) is 0 Å². The van der Waals surface area contributed by atoms with E-state index in [1.54, 1.807) is 6.08 Å². The first kappa shape index (κ1) is 22.4. The largest absolute Gasteiger partial charge is 0.389 e. The Morgan fingerprint density at radius 1 is 1.38 bits per heavy atom. The number of aliphatic hydroxyl groups is 2. The van der Waals surface area contributed by atoms with Gasteiger partial charge in [-0.25, -0.2) is 0 Å². The molecule has 140 valence electrons. The lowest BCUT2D eigenvalue weighted by molar-refractivity contribution is 0.0592. The Kier molecular flexibility index (Phi) is 7.81. The van der Waals surface area contributed by atoms with E-state index in [0.29, 0.717) is 17.2 Å². The summed E-state index contributed by atoms with van der Waals surface area (Å²) < 4.78 is 0. The lowest BCUT2D eigenvalue weighted by Crippen LogP contribution is -2.43. The van der Waals surface area contributed by atoms with Crippen molar-refractivity contribution in [3.63, 3.8) is 0 Å². The molecule has 0 bridgehead atoms. The Hall–Kier alpha value is 0.360. The highest BCUT2D eigenvalue weighted by Gasteiger charge is 2.45. The Morgan fingerprint density at radius 3 is 2.46 bits per heavy atom. The zero-order chi connectivity index (χ0) is 18.8. The molecule has 1 aliphatic carbocycles. The summed E-state index contributed by atoms with van der Waals surface area (Å²) in [7, 11) is 0. The summed E-state index contributed by atoms with van der Waals surface area (Å²) in [6.45, 7) is 15.9. The number of halogens is 2. The number of rotatable bonds is 8. The van der Waals surface area contributed by atoms with Gasteiger partial charge in [-0.15, -0.1) is 6.58 Å². The van der Waals surface area contributed by atoms with Crippen LogP contribution in [0.15, 0.2) is 24.8 Å². The molecule has 1 saturated carbocycles. The topological polar surface area (TPSA) is 40.5 Å². The fourth-order valence-corrected chi connectivity index (χ4v) is 4.70. The molecule has 0 spiro atoms. The van der Waals surface area contributed by atoms with Crippen molar-refractivity contribution in [1.82, 2.24) is 0 Å². The maximum Gasteiger partial charge on any atom is 0.0797 e. The van der Waals surface area contributed by atoms with Crippen molar-refractivity contribution in [2.75, 3.05) is 0 Å². The van der Waals surface area contributed by atoms with Crippen LogP contribution in [0.2, 0.25) is 0 Å². The normalized spacial score (nSPS) is 32.2. The van der Waals surface area contributed by atoms with E-state index in [9.17, 15) is 10.2 Å². The molecule has 2 N–H and O–H groups in total. The molecule has 0 heterocycles. The van der Waals surface area contributed by atoms with Crippen molar-refractivity contribution < 1.29 is 10.2 Å². The van der Waals surface area contributed by atoms with Crippen molar-refractivity contribution in [2.45, 2.75) is 87.1 Å². The Balaban J connectivity index is 2.90. The van der Waals surface area contributed by atoms with Gasteiger partial charge < -0.3 is 10.2 Å². The Morgan fingerprint density at radius 2 is 1.96 bits per heavy atom. The van der Waals surface area contributed by atoms with Gasteiger partial charge in [0.05, 0.1) is 11.2 Å². The zero-order valence-electron chi connectivity index (χ0n) is 15.6. The zero-order valence-corrected chi connectivity index (χ0v) is 18.8. The molecule has 0 amide bonds. The van der Waals surface area contributed by atoms with Crippen LogP contribution in [0.3, 0.4) is 0 Å². The highest BCUT2D eigenvalue weighted by atomic mass is 79.9. The fourth-order valence-electron chi connectivity index (χ4n) is 3.69. The monoisotopic (exact) mass is 464 g/mol. The number of hydrogen-bond donors (Lipinski definition) is 2. The molecule has 0 aromatic carbocycles. The molecule has 1 aliphatic rings. The van der Waals surface area contributed by atoms with Gasteiger partial charge in [-0.2, -0.15) is 0 Å². The second-order valence-electron chi connectivity index (χ2n) is 8.48. The fraction of sp³-hybridized carbons (Fsp3) is 0.800. The minimum atomic E-state index is -0.828. The van der Waals surface area contributed by atoms with Crippen molar-refractivity contribution in [1.29, 1.82) is 0 Å². The van der Waals surface area contributed by atoms with Crippen molar-refractivity contribution >= 4 is 31.9 Å². The first-order chi connectivity index (χ1) is 10.8. The average molecular weight is 466 g/mol. The third-order valence-electron chi connectivity index (χ3n) is 5.81. The molecular weight excluding hydrogens is 432 g/mol. The summed E-state index contributed by atoms with van der Waals surface area (Å²) in [6, 6.07) is 0. The van der Waals surface area contributed by atoms with Gasteiger partial charge in [0, 0.05) is 9.65 Å². The summed E-state index contributed by atoms with van der Waals surface area (Å²) in [6.07, 6.45) is 7.27. The first-order valence-electron chi connectivity index (χ1n) is 8.87. The molecule has 5 atom stereocenters. The van der Waals surface area contributed by atoms with E-state index in [4.69, 9.17) is 0 Å². The number of allylic oxidation sites excluding steroid dienone is 1. The molecule has 0 aromatic heterocycles. The molecular formula is C20H34Br2O2. The molecule has 24 heavy (non-hydrogen) atoms. The summed E-state index contributed by atoms with van der Waals surface area (Å²) >= 11 is 7.56. The van der Waals surface area contributed by atoms with Gasteiger partial charge in [0.1, 0.15) is 0 Å². The van der Waals surface area contributed by atoms with Crippen LogP contribution in [-0.4, -0.2) is 31.1 Å². The van der Waals surface area contributed by atoms with E-state index in [1.807, 2.05) is 20.8 Å². The molecule has 1 fully saturated rings. The van der Waals surface area contributed by atoms with E-state index in [0.717, 1.165) is 32.1 Å². The maximum absolute atomic E-state index is 10.3. The van der Waals surface area contributed by atoms with Crippen LogP contribution in [0.4, 0.5) is 0 Å². The van der Waals surface area contributed by atoms with Gasteiger partial charge in [0.2, 0.25) is 0 Å². The molecule has 1 unspecified atom stereocenters. The van der Waals surface area contributed by atoms with Gasteiger partial charge in [-0.3, -0.25) is 0 Å². The molecule has 4 heteroatoms. The van der Waals surface area contributed by atoms with Gasteiger partial charge in [-0.05, 0) is 70.6 Å². The van der Waals surface area contributed by atoms with Gasteiger partial charge in [-0.1, -0.05) is 57.0 Å². The number of alkyl halides is 2. The maximum atomic E-state index is 10.3. The van der Waals surface area contributed by atoms with E-state index in [1.165, 1.54) is 5.57 Å². The lowest BCUT2D eigenvalue weighted by atomic mass is 9.61. The van der Waals surface area contributed by atoms with Crippen molar-refractivity contribution in [2.24, 2.45) is 11.3 Å². The minimum absolute atomic E-state index is 0.0636.